The Morgan fingerprint density at radius 2 is 1.75 bits per heavy atom. The average molecular weight is 380 g/mol. The lowest BCUT2D eigenvalue weighted by Gasteiger charge is -2.34. The number of ether oxygens (including phenoxy) is 1. The molecule has 1 aromatic heterocycles. The molecule has 3 aromatic rings. The molecule has 0 bridgehead atoms. The largest absolute Gasteiger partial charge is 0.426 e. The van der Waals surface area contributed by atoms with E-state index < -0.39 is 5.82 Å². The SMILES string of the molecule is O=C(c1ccc(Oc2cccc(F)c2)o1)N1CCN(Cc2ccccc2)CC1. The van der Waals surface area contributed by atoms with E-state index >= 15 is 0 Å². The first kappa shape index (κ1) is 18.3. The van der Waals surface area contributed by atoms with Gasteiger partial charge in [0.05, 0.1) is 0 Å². The van der Waals surface area contributed by atoms with Crippen LogP contribution in [0.25, 0.3) is 0 Å². The van der Waals surface area contributed by atoms with Gasteiger partial charge >= 0.3 is 0 Å². The normalized spacial score (nSPS) is 14.8. The van der Waals surface area contributed by atoms with Crippen molar-refractivity contribution in [2.24, 2.45) is 0 Å². The summed E-state index contributed by atoms with van der Waals surface area (Å²) < 4.78 is 24.2. The van der Waals surface area contributed by atoms with Crippen LogP contribution >= 0.6 is 0 Å². The molecule has 5 nitrogen and oxygen atoms in total. The molecule has 144 valence electrons. The van der Waals surface area contributed by atoms with Gasteiger partial charge in [0.2, 0.25) is 0 Å². The third kappa shape index (κ3) is 4.40. The standard InChI is InChI=1S/C22H21FN2O3/c23-18-7-4-8-19(15-18)27-21-10-9-20(28-21)22(26)25-13-11-24(12-14-25)16-17-5-2-1-3-6-17/h1-10,15H,11-14,16H2. The number of rotatable bonds is 5. The minimum atomic E-state index is -0.395. The number of halogens is 1. The molecule has 0 radical (unpaired) electrons. The van der Waals surface area contributed by atoms with Gasteiger partial charge in [-0.3, -0.25) is 9.69 Å². The molecule has 0 spiro atoms. The highest BCUT2D eigenvalue weighted by Gasteiger charge is 2.24. The number of nitrogens with zero attached hydrogens (tertiary/aromatic N) is 2. The van der Waals surface area contributed by atoms with Crippen molar-refractivity contribution in [1.29, 1.82) is 0 Å². The highest BCUT2D eigenvalue weighted by Crippen LogP contribution is 2.25. The van der Waals surface area contributed by atoms with Crippen molar-refractivity contribution in [3.63, 3.8) is 0 Å². The molecular weight excluding hydrogens is 359 g/mol. The topological polar surface area (TPSA) is 45.9 Å². The zero-order valence-corrected chi connectivity index (χ0v) is 15.4. The van der Waals surface area contributed by atoms with Crippen molar-refractivity contribution in [2.75, 3.05) is 26.2 Å². The highest BCUT2D eigenvalue weighted by molar-refractivity contribution is 5.91. The minimum absolute atomic E-state index is 0.159. The first-order valence-corrected chi connectivity index (χ1v) is 9.26. The Bertz CT molecular complexity index is 934. The second-order valence-corrected chi connectivity index (χ2v) is 6.73. The quantitative estimate of drug-likeness (QED) is 0.667. The van der Waals surface area contributed by atoms with Crippen LogP contribution in [0.15, 0.2) is 71.1 Å². The number of hydrogen-bond acceptors (Lipinski definition) is 4. The van der Waals surface area contributed by atoms with Crippen molar-refractivity contribution >= 4 is 5.91 Å². The number of benzene rings is 2. The Labute approximate surface area is 162 Å². The van der Waals surface area contributed by atoms with E-state index in [-0.39, 0.29) is 17.6 Å². The van der Waals surface area contributed by atoms with Crippen LogP contribution in [-0.4, -0.2) is 41.9 Å². The Hall–Kier alpha value is -3.12. The van der Waals surface area contributed by atoms with Crippen LogP contribution in [0.2, 0.25) is 0 Å². The molecule has 1 aliphatic rings. The summed E-state index contributed by atoms with van der Waals surface area (Å²) in [6.07, 6.45) is 0. The monoisotopic (exact) mass is 380 g/mol. The molecule has 0 N–H and O–H groups in total. The maximum Gasteiger partial charge on any atom is 0.290 e. The van der Waals surface area contributed by atoms with E-state index in [0.29, 0.717) is 18.8 Å². The summed E-state index contributed by atoms with van der Waals surface area (Å²) in [7, 11) is 0. The first-order chi connectivity index (χ1) is 13.7. The van der Waals surface area contributed by atoms with Crippen LogP contribution < -0.4 is 4.74 Å². The molecular formula is C22H21FN2O3. The predicted octanol–water partition coefficient (Wildman–Crippen LogP) is 4.17. The summed E-state index contributed by atoms with van der Waals surface area (Å²) in [5.41, 5.74) is 1.27. The van der Waals surface area contributed by atoms with E-state index in [2.05, 4.69) is 17.0 Å². The zero-order chi connectivity index (χ0) is 19.3. The smallest absolute Gasteiger partial charge is 0.290 e. The Morgan fingerprint density at radius 1 is 0.964 bits per heavy atom. The van der Waals surface area contributed by atoms with Crippen LogP contribution in [-0.2, 0) is 6.54 Å². The van der Waals surface area contributed by atoms with Crippen molar-refractivity contribution < 1.29 is 18.3 Å². The van der Waals surface area contributed by atoms with Crippen molar-refractivity contribution in [2.45, 2.75) is 6.54 Å². The molecule has 1 amide bonds. The Kier molecular flexibility index (Phi) is 5.39. The summed E-state index contributed by atoms with van der Waals surface area (Å²) in [6, 6.07) is 19.2. The summed E-state index contributed by atoms with van der Waals surface area (Å²) in [5.74, 6) is 0.157. The number of hydrogen-bond donors (Lipinski definition) is 0. The van der Waals surface area contributed by atoms with E-state index in [9.17, 15) is 9.18 Å². The Balaban J connectivity index is 1.32. The van der Waals surface area contributed by atoms with Crippen LogP contribution in [0.5, 0.6) is 11.7 Å². The molecule has 0 aliphatic carbocycles. The van der Waals surface area contributed by atoms with Gasteiger partial charge < -0.3 is 14.1 Å². The van der Waals surface area contributed by atoms with E-state index in [1.807, 2.05) is 18.2 Å². The number of amides is 1. The lowest BCUT2D eigenvalue weighted by molar-refractivity contribution is 0.0593. The molecule has 2 aromatic carbocycles. The molecule has 1 fully saturated rings. The van der Waals surface area contributed by atoms with Crippen LogP contribution in [0.4, 0.5) is 4.39 Å². The number of carbonyl (C=O) groups excluding carboxylic acids is 1. The van der Waals surface area contributed by atoms with Gasteiger partial charge in [-0.25, -0.2) is 4.39 Å². The third-order valence-corrected chi connectivity index (χ3v) is 4.72. The number of furan rings is 1. The fraction of sp³-hybridized carbons (Fsp3) is 0.227. The lowest BCUT2D eigenvalue weighted by atomic mass is 10.2. The lowest BCUT2D eigenvalue weighted by Crippen LogP contribution is -2.48. The summed E-state index contributed by atoms with van der Waals surface area (Å²) in [5, 5.41) is 0. The molecule has 0 saturated carbocycles. The summed E-state index contributed by atoms with van der Waals surface area (Å²) >= 11 is 0. The first-order valence-electron chi connectivity index (χ1n) is 9.26. The maximum absolute atomic E-state index is 13.2. The van der Waals surface area contributed by atoms with E-state index in [1.54, 1.807) is 29.2 Å². The second kappa shape index (κ2) is 8.27. The van der Waals surface area contributed by atoms with Crippen LogP contribution in [0.3, 0.4) is 0 Å². The fourth-order valence-corrected chi connectivity index (χ4v) is 3.24. The van der Waals surface area contributed by atoms with Crippen molar-refractivity contribution in [3.8, 4) is 11.7 Å². The van der Waals surface area contributed by atoms with Crippen molar-refractivity contribution in [1.82, 2.24) is 9.80 Å². The predicted molar refractivity (Wildman–Crippen MR) is 103 cm³/mol. The van der Waals surface area contributed by atoms with Crippen LogP contribution in [0, 0.1) is 5.82 Å². The minimum Gasteiger partial charge on any atom is -0.426 e. The van der Waals surface area contributed by atoms with Gasteiger partial charge in [-0.1, -0.05) is 36.4 Å². The van der Waals surface area contributed by atoms with E-state index in [4.69, 9.17) is 9.15 Å². The van der Waals surface area contributed by atoms with Gasteiger partial charge in [0, 0.05) is 44.9 Å². The third-order valence-electron chi connectivity index (χ3n) is 4.72. The maximum atomic E-state index is 13.2. The molecule has 4 rings (SSSR count). The van der Waals surface area contributed by atoms with Gasteiger partial charge in [0.25, 0.3) is 11.9 Å². The van der Waals surface area contributed by atoms with Gasteiger partial charge in [-0.15, -0.1) is 0 Å². The molecule has 6 heteroatoms. The van der Waals surface area contributed by atoms with Crippen LogP contribution in [0.1, 0.15) is 16.1 Å². The molecule has 0 atom stereocenters. The molecule has 1 saturated heterocycles. The molecule has 2 heterocycles. The summed E-state index contributed by atoms with van der Waals surface area (Å²) in [6.45, 7) is 3.80. The molecule has 1 aliphatic heterocycles. The average Bonchev–Trinajstić information content (AvgIpc) is 3.17. The van der Waals surface area contributed by atoms with Crippen molar-refractivity contribution in [3.05, 3.63) is 83.9 Å². The molecule has 0 unspecified atom stereocenters. The molecule has 28 heavy (non-hydrogen) atoms. The van der Waals surface area contributed by atoms with Gasteiger partial charge in [-0.2, -0.15) is 0 Å². The highest BCUT2D eigenvalue weighted by atomic mass is 19.1. The van der Waals surface area contributed by atoms with Gasteiger partial charge in [0.1, 0.15) is 11.6 Å². The zero-order valence-electron chi connectivity index (χ0n) is 15.4. The Morgan fingerprint density at radius 3 is 2.50 bits per heavy atom. The fourth-order valence-electron chi connectivity index (χ4n) is 3.24. The van der Waals surface area contributed by atoms with Gasteiger partial charge in [-0.05, 0) is 23.8 Å². The second-order valence-electron chi connectivity index (χ2n) is 6.73. The summed E-state index contributed by atoms with van der Waals surface area (Å²) in [4.78, 5) is 16.8. The van der Waals surface area contributed by atoms with E-state index in [1.165, 1.54) is 17.7 Å². The van der Waals surface area contributed by atoms with Gasteiger partial charge in [0.15, 0.2) is 5.76 Å². The number of piperazine rings is 1. The van der Waals surface area contributed by atoms with E-state index in [0.717, 1.165) is 19.6 Å². The number of carbonyl (C=O) groups is 1.